The molecule has 7 nitrogen and oxygen atoms in total. The van der Waals surface area contributed by atoms with Crippen LogP contribution in [-0.4, -0.2) is 20.2 Å². The van der Waals surface area contributed by atoms with Gasteiger partial charge in [-0.1, -0.05) is 18.2 Å². The molecule has 2 aromatic rings. The summed E-state index contributed by atoms with van der Waals surface area (Å²) >= 11 is 0. The van der Waals surface area contributed by atoms with E-state index in [9.17, 15) is 18.0 Å². The summed E-state index contributed by atoms with van der Waals surface area (Å²) in [6.45, 7) is 0. The number of rotatable bonds is 1. The highest BCUT2D eigenvalue weighted by Gasteiger charge is 2.18. The van der Waals surface area contributed by atoms with Crippen molar-refractivity contribution in [2.24, 2.45) is 15.1 Å². The Balaban J connectivity index is 2.56. The molecule has 2 N–H and O–H groups in total. The lowest BCUT2D eigenvalue weighted by molar-refractivity contribution is -0.135. The van der Waals surface area contributed by atoms with Crippen LogP contribution < -0.4 is 15.9 Å². The largest absolute Gasteiger partial charge is 0.338 e. The van der Waals surface area contributed by atoms with Gasteiger partial charge in [0.2, 0.25) is 10.0 Å². The van der Waals surface area contributed by atoms with Gasteiger partial charge in [0.05, 0.1) is 10.3 Å². The molecule has 0 saturated carbocycles. The molecule has 0 radical (unpaired) electrons. The van der Waals surface area contributed by atoms with Gasteiger partial charge in [0.1, 0.15) is 5.36 Å². The quantitative estimate of drug-likeness (QED) is 0.662. The fourth-order valence-electron chi connectivity index (χ4n) is 2.06. The molecule has 0 aromatic heterocycles. The van der Waals surface area contributed by atoms with Gasteiger partial charge in [0, 0.05) is 10.8 Å². The number of primary sulfonamides is 1. The van der Waals surface area contributed by atoms with E-state index in [-0.39, 0.29) is 15.6 Å². The average Bonchev–Trinajstić information content (AvgIpc) is 2.38. The molecule has 0 atom stereocenters. The van der Waals surface area contributed by atoms with Crippen molar-refractivity contribution in [3.63, 3.8) is 0 Å². The molecule has 0 saturated heterocycles. The first-order valence-corrected chi connectivity index (χ1v) is 7.03. The highest BCUT2D eigenvalue weighted by Crippen LogP contribution is 2.18. The molecule has 0 fully saturated rings. The van der Waals surface area contributed by atoms with Crippen molar-refractivity contribution < 1.29 is 18.0 Å². The molecule has 0 aliphatic carbocycles. The standard InChI is InChI=1S/C12H7N3O4S/c13-20(18,19)9-3-1-2-7-6(9)4-5-8-10(7)15-12(17)11(16)14-8/h1-5H,(H2,13,18,19). The van der Waals surface area contributed by atoms with E-state index in [1.807, 2.05) is 0 Å². The monoisotopic (exact) mass is 289 g/mol. The third-order valence-corrected chi connectivity index (χ3v) is 3.87. The maximum Gasteiger partial charge on any atom is 0.338 e. The van der Waals surface area contributed by atoms with Crippen molar-refractivity contribution >= 4 is 32.6 Å². The number of hydrogen-bond acceptors (Lipinski definition) is 4. The Kier molecular flexibility index (Phi) is 2.53. The lowest BCUT2D eigenvalue weighted by atomic mass is 10.1. The molecule has 1 aliphatic heterocycles. The molecule has 1 heterocycles. The van der Waals surface area contributed by atoms with Crippen molar-refractivity contribution in [3.8, 4) is 0 Å². The maximum atomic E-state index is 11.5. The van der Waals surface area contributed by atoms with Gasteiger partial charge in [0.15, 0.2) is 0 Å². The van der Waals surface area contributed by atoms with Crippen molar-refractivity contribution in [2.45, 2.75) is 4.90 Å². The molecule has 0 unspecified atom stereocenters. The van der Waals surface area contributed by atoms with Crippen LogP contribution >= 0.6 is 0 Å². The Morgan fingerprint density at radius 1 is 0.900 bits per heavy atom. The summed E-state index contributed by atoms with van der Waals surface area (Å²) in [6.07, 6.45) is 0. The van der Waals surface area contributed by atoms with Crippen LogP contribution in [0.3, 0.4) is 0 Å². The molecule has 1 aliphatic rings. The van der Waals surface area contributed by atoms with E-state index in [4.69, 9.17) is 5.14 Å². The van der Waals surface area contributed by atoms with E-state index in [1.165, 1.54) is 24.3 Å². The van der Waals surface area contributed by atoms with Crippen LogP contribution in [-0.2, 0) is 19.6 Å². The number of carbonyl (C=O) groups excluding carboxylic acids is 2. The molecule has 0 bridgehead atoms. The first kappa shape index (κ1) is 12.6. The van der Waals surface area contributed by atoms with E-state index in [2.05, 4.69) is 9.98 Å². The molecule has 2 aromatic carbocycles. The van der Waals surface area contributed by atoms with E-state index >= 15 is 0 Å². The summed E-state index contributed by atoms with van der Waals surface area (Å²) in [5, 5.41) is 6.28. The van der Waals surface area contributed by atoms with Gasteiger partial charge in [-0.2, -0.15) is 0 Å². The number of nitrogens with zero attached hydrogens (tertiary/aromatic N) is 2. The van der Waals surface area contributed by atoms with Crippen LogP contribution in [0.1, 0.15) is 0 Å². The SMILES string of the molecule is NS(=O)(=O)c1cccc2c3c(ccc12)=NC(=O)C(=O)N=3. The van der Waals surface area contributed by atoms with Crippen molar-refractivity contribution in [2.75, 3.05) is 0 Å². The Labute approximate surface area is 112 Å². The van der Waals surface area contributed by atoms with Crippen molar-refractivity contribution in [3.05, 3.63) is 41.0 Å². The fourth-order valence-corrected chi connectivity index (χ4v) is 2.82. The maximum absolute atomic E-state index is 11.5. The summed E-state index contributed by atoms with van der Waals surface area (Å²) in [6, 6.07) is 7.34. The lowest BCUT2D eigenvalue weighted by Crippen LogP contribution is -2.35. The number of sulfonamides is 1. The van der Waals surface area contributed by atoms with E-state index in [1.54, 1.807) is 6.07 Å². The minimum atomic E-state index is -3.90. The summed E-state index contributed by atoms with van der Waals surface area (Å²) in [4.78, 5) is 29.7. The third kappa shape index (κ3) is 1.82. The second-order valence-corrected chi connectivity index (χ2v) is 5.69. The molecule has 100 valence electrons. The van der Waals surface area contributed by atoms with Gasteiger partial charge < -0.3 is 0 Å². The fraction of sp³-hybridized carbons (Fsp3) is 0. The zero-order chi connectivity index (χ0) is 14.5. The predicted octanol–water partition coefficient (Wildman–Crippen LogP) is -1.21. The lowest BCUT2D eigenvalue weighted by Gasteiger charge is -2.06. The zero-order valence-electron chi connectivity index (χ0n) is 9.90. The molecule has 20 heavy (non-hydrogen) atoms. The molecule has 0 spiro atoms. The smallest absolute Gasteiger partial charge is 0.261 e. The van der Waals surface area contributed by atoms with Gasteiger partial charge in [-0.25, -0.2) is 23.5 Å². The number of carbonyl (C=O) groups is 2. The Morgan fingerprint density at radius 2 is 1.60 bits per heavy atom. The van der Waals surface area contributed by atoms with Gasteiger partial charge >= 0.3 is 11.8 Å². The van der Waals surface area contributed by atoms with Gasteiger partial charge in [0.25, 0.3) is 0 Å². The Morgan fingerprint density at radius 3 is 2.30 bits per heavy atom. The second-order valence-electron chi connectivity index (χ2n) is 4.16. The van der Waals surface area contributed by atoms with Crippen LogP contribution in [0.4, 0.5) is 0 Å². The third-order valence-electron chi connectivity index (χ3n) is 2.90. The van der Waals surface area contributed by atoms with Gasteiger partial charge in [-0.05, 0) is 12.1 Å². The Hall–Kier alpha value is -2.45. The molecular weight excluding hydrogens is 282 g/mol. The van der Waals surface area contributed by atoms with Crippen LogP contribution in [0.2, 0.25) is 0 Å². The van der Waals surface area contributed by atoms with Crippen LogP contribution in [0.25, 0.3) is 10.8 Å². The normalized spacial score (nSPS) is 14.7. The molecule has 2 amide bonds. The summed E-state index contributed by atoms with van der Waals surface area (Å²) in [5.74, 6) is -1.93. The minimum absolute atomic E-state index is 0.0719. The minimum Gasteiger partial charge on any atom is -0.261 e. The van der Waals surface area contributed by atoms with Gasteiger partial charge in [-0.3, -0.25) is 9.59 Å². The van der Waals surface area contributed by atoms with Crippen LogP contribution in [0.5, 0.6) is 0 Å². The molecule has 8 heteroatoms. The average molecular weight is 289 g/mol. The molecular formula is C12H7N3O4S. The van der Waals surface area contributed by atoms with E-state index in [0.29, 0.717) is 10.8 Å². The first-order valence-electron chi connectivity index (χ1n) is 5.48. The summed E-state index contributed by atoms with van der Waals surface area (Å²) < 4.78 is 23.1. The second kappa shape index (κ2) is 4.02. The van der Waals surface area contributed by atoms with E-state index in [0.717, 1.165) is 0 Å². The predicted molar refractivity (Wildman–Crippen MR) is 67.6 cm³/mol. The van der Waals surface area contributed by atoms with E-state index < -0.39 is 21.8 Å². The zero-order valence-corrected chi connectivity index (χ0v) is 10.7. The van der Waals surface area contributed by atoms with Crippen molar-refractivity contribution in [1.29, 1.82) is 0 Å². The van der Waals surface area contributed by atoms with Gasteiger partial charge in [-0.15, -0.1) is 0 Å². The number of amides is 2. The first-order chi connectivity index (χ1) is 9.38. The summed E-state index contributed by atoms with van der Waals surface area (Å²) in [7, 11) is -3.90. The Bertz CT molecular complexity index is 1010. The number of benzene rings is 2. The highest BCUT2D eigenvalue weighted by molar-refractivity contribution is 7.89. The number of hydrogen-bond donors (Lipinski definition) is 1. The van der Waals surface area contributed by atoms with Crippen LogP contribution in [0, 0.1) is 0 Å². The highest BCUT2D eigenvalue weighted by atomic mass is 32.2. The number of fused-ring (bicyclic) bond motifs is 3. The molecule has 3 rings (SSSR count). The summed E-state index contributed by atoms with van der Waals surface area (Å²) in [5.41, 5.74) is 0. The van der Waals surface area contributed by atoms with Crippen molar-refractivity contribution in [1.82, 2.24) is 0 Å². The number of nitrogens with two attached hydrogens (primary N) is 1. The topological polar surface area (TPSA) is 119 Å². The van der Waals surface area contributed by atoms with Crippen LogP contribution in [0.15, 0.2) is 45.2 Å².